The summed E-state index contributed by atoms with van der Waals surface area (Å²) in [5.41, 5.74) is 1.71. The summed E-state index contributed by atoms with van der Waals surface area (Å²) in [5, 5.41) is 5.51. The zero-order valence-corrected chi connectivity index (χ0v) is 15.3. The molecule has 2 rings (SSSR count). The lowest BCUT2D eigenvalue weighted by molar-refractivity contribution is -0.123. The minimum atomic E-state index is -0.210. The minimum Gasteiger partial charge on any atom is -0.483 e. The molecule has 0 saturated carbocycles. The van der Waals surface area contributed by atoms with Crippen molar-refractivity contribution in [2.75, 3.05) is 19.7 Å². The van der Waals surface area contributed by atoms with Gasteiger partial charge in [0.05, 0.1) is 0 Å². The Bertz CT molecular complexity index is 716. The number of nitrogens with one attached hydrogen (secondary N) is 2. The van der Waals surface area contributed by atoms with Crippen LogP contribution in [0.1, 0.15) is 42.1 Å². The van der Waals surface area contributed by atoms with Crippen molar-refractivity contribution in [2.24, 2.45) is 0 Å². The van der Waals surface area contributed by atoms with E-state index in [0.29, 0.717) is 24.6 Å². The Labute approximate surface area is 154 Å². The maximum absolute atomic E-state index is 11.9. The molecule has 0 bridgehead atoms. The van der Waals surface area contributed by atoms with Gasteiger partial charge in [-0.3, -0.25) is 9.59 Å². The second-order valence-corrected chi connectivity index (χ2v) is 6.11. The summed E-state index contributed by atoms with van der Waals surface area (Å²) in [7, 11) is 0. The number of amides is 2. The van der Waals surface area contributed by atoms with Crippen molar-refractivity contribution in [3.8, 4) is 5.75 Å². The second kappa shape index (κ2) is 10.2. The lowest BCUT2D eigenvalue weighted by atomic mass is 9.98. The first kappa shape index (κ1) is 19.5. The van der Waals surface area contributed by atoms with Crippen LogP contribution in [-0.4, -0.2) is 31.5 Å². The van der Waals surface area contributed by atoms with Crippen LogP contribution < -0.4 is 15.4 Å². The maximum Gasteiger partial charge on any atom is 0.258 e. The molecule has 0 unspecified atom stereocenters. The number of carbonyl (C=O) groups is 2. The first-order valence-corrected chi connectivity index (χ1v) is 8.93. The number of hydrogen-bond donors (Lipinski definition) is 2. The molecule has 1 atom stereocenters. The summed E-state index contributed by atoms with van der Waals surface area (Å²) in [6, 6.07) is 16.8. The smallest absolute Gasteiger partial charge is 0.258 e. The molecule has 0 radical (unpaired) electrons. The molecule has 0 spiro atoms. The Morgan fingerprint density at radius 3 is 2.35 bits per heavy atom. The minimum absolute atomic E-state index is 0.0416. The molecule has 0 aliphatic heterocycles. The van der Waals surface area contributed by atoms with Crippen LogP contribution in [0.5, 0.6) is 5.75 Å². The topological polar surface area (TPSA) is 67.4 Å². The third-order valence-electron chi connectivity index (χ3n) is 4.19. The Balaban J connectivity index is 1.71. The highest BCUT2D eigenvalue weighted by atomic mass is 16.5. The molecule has 2 amide bonds. The summed E-state index contributed by atoms with van der Waals surface area (Å²) in [4.78, 5) is 23.8. The predicted octanol–water partition coefficient (Wildman–Crippen LogP) is 3.13. The Hall–Kier alpha value is -2.82. The zero-order chi connectivity index (χ0) is 18.8. The van der Waals surface area contributed by atoms with Gasteiger partial charge in [-0.2, -0.15) is 0 Å². The van der Waals surface area contributed by atoms with Crippen LogP contribution in [-0.2, 0) is 4.79 Å². The van der Waals surface area contributed by atoms with Gasteiger partial charge in [0.25, 0.3) is 11.8 Å². The zero-order valence-electron chi connectivity index (χ0n) is 15.3. The number of para-hydroxylation sites is 1. The second-order valence-electron chi connectivity index (χ2n) is 6.11. The van der Waals surface area contributed by atoms with E-state index in [1.165, 1.54) is 0 Å². The quantitative estimate of drug-likeness (QED) is 0.680. The van der Waals surface area contributed by atoms with Crippen LogP contribution in [0.3, 0.4) is 0 Å². The van der Waals surface area contributed by atoms with E-state index in [1.54, 1.807) is 12.1 Å². The van der Waals surface area contributed by atoms with E-state index >= 15 is 0 Å². The van der Waals surface area contributed by atoms with E-state index in [1.807, 2.05) is 42.5 Å². The average Bonchev–Trinajstić information content (AvgIpc) is 2.69. The van der Waals surface area contributed by atoms with Crippen molar-refractivity contribution < 1.29 is 14.3 Å². The molecule has 0 aliphatic carbocycles. The van der Waals surface area contributed by atoms with E-state index < -0.39 is 0 Å². The van der Waals surface area contributed by atoms with Gasteiger partial charge in [0.2, 0.25) is 0 Å². The largest absolute Gasteiger partial charge is 0.483 e. The summed E-state index contributed by atoms with van der Waals surface area (Å²) in [5.74, 6) is 0.758. The number of carbonyl (C=O) groups excluding carboxylic acids is 2. The van der Waals surface area contributed by atoms with Gasteiger partial charge in [0.1, 0.15) is 5.75 Å². The van der Waals surface area contributed by atoms with Gasteiger partial charge in [0, 0.05) is 18.7 Å². The number of benzene rings is 2. The van der Waals surface area contributed by atoms with E-state index in [4.69, 9.17) is 4.74 Å². The molecule has 2 N–H and O–H groups in total. The maximum atomic E-state index is 11.9. The molecular weight excluding hydrogens is 328 g/mol. The molecule has 0 aromatic heterocycles. The van der Waals surface area contributed by atoms with E-state index in [-0.39, 0.29) is 18.4 Å². The van der Waals surface area contributed by atoms with Crippen molar-refractivity contribution in [1.29, 1.82) is 0 Å². The molecule has 5 heteroatoms. The Kier molecular flexibility index (Phi) is 7.68. The lowest BCUT2D eigenvalue weighted by Crippen LogP contribution is -2.36. The standard InChI is InChI=1S/C21H26N2O3/c1-3-16(2)18-11-7-8-12-19(18)26-15-20(24)22-13-14-23-21(25)17-9-5-4-6-10-17/h4-12,16H,3,13-15H2,1-2H3,(H,22,24)(H,23,25)/t16-/m1/s1. The molecule has 2 aromatic rings. The molecule has 26 heavy (non-hydrogen) atoms. The molecule has 5 nitrogen and oxygen atoms in total. The number of rotatable bonds is 9. The third kappa shape index (κ3) is 5.92. The monoisotopic (exact) mass is 354 g/mol. The van der Waals surface area contributed by atoms with Crippen molar-refractivity contribution >= 4 is 11.8 Å². The molecule has 0 fully saturated rings. The van der Waals surface area contributed by atoms with Crippen molar-refractivity contribution in [3.63, 3.8) is 0 Å². The van der Waals surface area contributed by atoms with Gasteiger partial charge in [-0.25, -0.2) is 0 Å². The first-order valence-electron chi connectivity index (χ1n) is 8.93. The van der Waals surface area contributed by atoms with E-state index in [0.717, 1.165) is 17.7 Å². The van der Waals surface area contributed by atoms with Gasteiger partial charge in [0.15, 0.2) is 6.61 Å². The van der Waals surface area contributed by atoms with Crippen LogP contribution in [0, 0.1) is 0 Å². The van der Waals surface area contributed by atoms with Crippen molar-refractivity contribution in [2.45, 2.75) is 26.2 Å². The van der Waals surface area contributed by atoms with Crippen LogP contribution in [0.2, 0.25) is 0 Å². The van der Waals surface area contributed by atoms with Crippen LogP contribution in [0.4, 0.5) is 0 Å². The van der Waals surface area contributed by atoms with Gasteiger partial charge in [-0.1, -0.05) is 50.2 Å². The normalized spacial score (nSPS) is 11.5. The fourth-order valence-corrected chi connectivity index (χ4v) is 2.50. The Morgan fingerprint density at radius 2 is 1.62 bits per heavy atom. The molecule has 138 valence electrons. The predicted molar refractivity (Wildman–Crippen MR) is 102 cm³/mol. The third-order valence-corrected chi connectivity index (χ3v) is 4.19. The first-order chi connectivity index (χ1) is 12.6. The average molecular weight is 354 g/mol. The summed E-state index contributed by atoms with van der Waals surface area (Å²) in [6.45, 7) is 4.94. The Morgan fingerprint density at radius 1 is 0.962 bits per heavy atom. The van der Waals surface area contributed by atoms with Crippen LogP contribution >= 0.6 is 0 Å². The molecular formula is C21H26N2O3. The summed E-state index contributed by atoms with van der Waals surface area (Å²) in [6.07, 6.45) is 1.01. The van der Waals surface area contributed by atoms with Crippen molar-refractivity contribution in [3.05, 3.63) is 65.7 Å². The summed E-state index contributed by atoms with van der Waals surface area (Å²) >= 11 is 0. The fourth-order valence-electron chi connectivity index (χ4n) is 2.50. The highest BCUT2D eigenvalue weighted by molar-refractivity contribution is 5.94. The molecule has 2 aromatic carbocycles. The van der Waals surface area contributed by atoms with Crippen LogP contribution in [0.15, 0.2) is 54.6 Å². The van der Waals surface area contributed by atoms with Crippen LogP contribution in [0.25, 0.3) is 0 Å². The molecule has 0 heterocycles. The van der Waals surface area contributed by atoms with Gasteiger partial charge >= 0.3 is 0 Å². The van der Waals surface area contributed by atoms with Gasteiger partial charge < -0.3 is 15.4 Å². The SMILES string of the molecule is CC[C@@H](C)c1ccccc1OCC(=O)NCCNC(=O)c1ccccc1. The summed E-state index contributed by atoms with van der Waals surface area (Å²) < 4.78 is 5.67. The van der Waals surface area contributed by atoms with E-state index in [9.17, 15) is 9.59 Å². The number of ether oxygens (including phenoxy) is 1. The lowest BCUT2D eigenvalue weighted by Gasteiger charge is -2.15. The highest BCUT2D eigenvalue weighted by Gasteiger charge is 2.11. The molecule has 0 saturated heterocycles. The number of hydrogen-bond acceptors (Lipinski definition) is 3. The van der Waals surface area contributed by atoms with Gasteiger partial charge in [-0.15, -0.1) is 0 Å². The highest BCUT2D eigenvalue weighted by Crippen LogP contribution is 2.28. The van der Waals surface area contributed by atoms with E-state index in [2.05, 4.69) is 24.5 Å². The fraction of sp³-hybridized carbons (Fsp3) is 0.333. The molecule has 0 aliphatic rings. The van der Waals surface area contributed by atoms with Gasteiger partial charge in [-0.05, 0) is 36.1 Å². The van der Waals surface area contributed by atoms with Crippen molar-refractivity contribution in [1.82, 2.24) is 10.6 Å².